The van der Waals surface area contributed by atoms with Gasteiger partial charge in [0.15, 0.2) is 14.9 Å². The van der Waals surface area contributed by atoms with E-state index < -0.39 is 9.84 Å². The van der Waals surface area contributed by atoms with Crippen molar-refractivity contribution in [3.63, 3.8) is 0 Å². The summed E-state index contributed by atoms with van der Waals surface area (Å²) < 4.78 is 22.2. The number of nitrogens with one attached hydrogen (secondary N) is 1. The first-order valence-corrected chi connectivity index (χ1v) is 5.68. The Morgan fingerprint density at radius 2 is 2.08 bits per heavy atom. The van der Waals surface area contributed by atoms with Crippen LogP contribution in [0.1, 0.15) is 5.56 Å². The summed E-state index contributed by atoms with van der Waals surface area (Å²) in [6, 6.07) is 1.53. The van der Waals surface area contributed by atoms with Crippen molar-refractivity contribution in [3.05, 3.63) is 17.8 Å². The summed E-state index contributed by atoms with van der Waals surface area (Å²) in [6.45, 7) is 1.87. The van der Waals surface area contributed by atoms with Gasteiger partial charge in [0.1, 0.15) is 0 Å². The molecule has 0 aliphatic rings. The zero-order chi connectivity index (χ0) is 10.1. The summed E-state index contributed by atoms with van der Waals surface area (Å²) in [7, 11) is -1.46. The van der Waals surface area contributed by atoms with Crippen LogP contribution >= 0.6 is 0 Å². The van der Waals surface area contributed by atoms with E-state index >= 15 is 0 Å². The monoisotopic (exact) mass is 200 g/mol. The molecule has 0 saturated heterocycles. The molecule has 0 spiro atoms. The molecule has 1 aromatic rings. The van der Waals surface area contributed by atoms with Gasteiger partial charge in [-0.15, -0.1) is 0 Å². The van der Waals surface area contributed by atoms with E-state index in [-0.39, 0.29) is 5.03 Å². The van der Waals surface area contributed by atoms with Crippen molar-refractivity contribution in [2.75, 3.05) is 18.6 Å². The molecule has 0 saturated carbocycles. The lowest BCUT2D eigenvalue weighted by Gasteiger charge is -2.05. The molecule has 1 heterocycles. The molecule has 0 bridgehead atoms. The van der Waals surface area contributed by atoms with Gasteiger partial charge in [-0.2, -0.15) is 0 Å². The molecule has 1 rings (SSSR count). The summed E-state index contributed by atoms with van der Waals surface area (Å²) in [5.41, 5.74) is 1.71. The number of hydrogen-bond donors (Lipinski definition) is 1. The van der Waals surface area contributed by atoms with Crippen molar-refractivity contribution in [3.8, 4) is 0 Å². The zero-order valence-corrected chi connectivity index (χ0v) is 8.64. The molecular weight excluding hydrogens is 188 g/mol. The largest absolute Gasteiger partial charge is 0.388 e. The Kier molecular flexibility index (Phi) is 2.56. The van der Waals surface area contributed by atoms with Gasteiger partial charge in [0, 0.05) is 25.2 Å². The third-order valence-corrected chi connectivity index (χ3v) is 2.71. The standard InChI is InChI=1S/C8H12N2O2S/c1-6-5-10-8(13(3,11)12)4-7(6)9-2/h4-5H,1-3H3,(H,9,10). The van der Waals surface area contributed by atoms with Crippen LogP contribution in [-0.4, -0.2) is 26.7 Å². The Morgan fingerprint density at radius 3 is 2.54 bits per heavy atom. The Bertz CT molecular complexity index is 412. The molecule has 0 fully saturated rings. The number of nitrogens with zero attached hydrogens (tertiary/aromatic N) is 1. The minimum atomic E-state index is -3.20. The topological polar surface area (TPSA) is 59.1 Å². The lowest BCUT2D eigenvalue weighted by Crippen LogP contribution is -2.02. The van der Waals surface area contributed by atoms with E-state index in [4.69, 9.17) is 0 Å². The molecule has 0 unspecified atom stereocenters. The number of aromatic nitrogens is 1. The predicted molar refractivity (Wildman–Crippen MR) is 51.6 cm³/mol. The molecule has 13 heavy (non-hydrogen) atoms. The summed E-state index contributed by atoms with van der Waals surface area (Å²) in [6.07, 6.45) is 2.69. The summed E-state index contributed by atoms with van der Waals surface area (Å²) in [5, 5.41) is 3.00. The number of rotatable bonds is 2. The maximum Gasteiger partial charge on any atom is 0.192 e. The minimum absolute atomic E-state index is 0.0995. The predicted octanol–water partition coefficient (Wildman–Crippen LogP) is 0.835. The average Bonchev–Trinajstić information content (AvgIpc) is 2.03. The highest BCUT2D eigenvalue weighted by molar-refractivity contribution is 7.90. The van der Waals surface area contributed by atoms with Crippen LogP contribution in [0.4, 0.5) is 5.69 Å². The molecule has 5 heteroatoms. The Labute approximate surface area is 77.9 Å². The number of anilines is 1. The number of hydrogen-bond acceptors (Lipinski definition) is 4. The lowest BCUT2D eigenvalue weighted by atomic mass is 10.3. The minimum Gasteiger partial charge on any atom is -0.388 e. The van der Waals surface area contributed by atoms with Gasteiger partial charge in [0.2, 0.25) is 0 Å². The van der Waals surface area contributed by atoms with Crippen LogP contribution in [0.2, 0.25) is 0 Å². The first-order chi connectivity index (χ1) is 5.95. The first kappa shape index (κ1) is 9.98. The van der Waals surface area contributed by atoms with Crippen LogP contribution in [0.3, 0.4) is 0 Å². The van der Waals surface area contributed by atoms with Crippen LogP contribution < -0.4 is 5.32 Å². The number of aryl methyl sites for hydroxylation is 1. The van der Waals surface area contributed by atoms with Gasteiger partial charge in [-0.25, -0.2) is 13.4 Å². The second-order valence-electron chi connectivity index (χ2n) is 2.86. The van der Waals surface area contributed by atoms with Crippen molar-refractivity contribution < 1.29 is 8.42 Å². The third kappa shape index (κ3) is 2.18. The lowest BCUT2D eigenvalue weighted by molar-refractivity contribution is 0.598. The van der Waals surface area contributed by atoms with Crippen molar-refractivity contribution in [2.24, 2.45) is 0 Å². The van der Waals surface area contributed by atoms with E-state index in [1.54, 1.807) is 13.2 Å². The van der Waals surface area contributed by atoms with Crippen molar-refractivity contribution in [2.45, 2.75) is 11.9 Å². The molecule has 0 aliphatic heterocycles. The van der Waals surface area contributed by atoms with Gasteiger partial charge >= 0.3 is 0 Å². The van der Waals surface area contributed by atoms with Gasteiger partial charge < -0.3 is 5.32 Å². The SMILES string of the molecule is CNc1cc(S(C)(=O)=O)ncc1C. The zero-order valence-electron chi connectivity index (χ0n) is 7.83. The van der Waals surface area contributed by atoms with Crippen LogP contribution in [0, 0.1) is 6.92 Å². The van der Waals surface area contributed by atoms with Crippen molar-refractivity contribution in [1.29, 1.82) is 0 Å². The molecule has 1 N–H and O–H groups in total. The summed E-state index contributed by atoms with van der Waals surface area (Å²) in [5.74, 6) is 0. The molecule has 0 aliphatic carbocycles. The number of sulfone groups is 1. The average molecular weight is 200 g/mol. The molecule has 0 radical (unpaired) electrons. The van der Waals surface area contributed by atoms with Crippen molar-refractivity contribution >= 4 is 15.5 Å². The highest BCUT2D eigenvalue weighted by Gasteiger charge is 2.09. The van der Waals surface area contributed by atoms with Gasteiger partial charge in [0.25, 0.3) is 0 Å². The van der Waals surface area contributed by atoms with Gasteiger partial charge in [0.05, 0.1) is 0 Å². The second-order valence-corrected chi connectivity index (χ2v) is 4.82. The molecule has 0 aromatic carbocycles. The number of pyridine rings is 1. The highest BCUT2D eigenvalue weighted by Crippen LogP contribution is 2.16. The molecule has 0 amide bonds. The Morgan fingerprint density at radius 1 is 1.46 bits per heavy atom. The fourth-order valence-electron chi connectivity index (χ4n) is 0.977. The van der Waals surface area contributed by atoms with Gasteiger partial charge in [-0.1, -0.05) is 0 Å². The summed E-state index contributed by atoms with van der Waals surface area (Å²) >= 11 is 0. The first-order valence-electron chi connectivity index (χ1n) is 3.79. The fraction of sp³-hybridized carbons (Fsp3) is 0.375. The molecule has 4 nitrogen and oxygen atoms in total. The third-order valence-electron chi connectivity index (χ3n) is 1.73. The molecule has 72 valence electrons. The van der Waals surface area contributed by atoms with Gasteiger partial charge in [-0.3, -0.25) is 0 Å². The molecular formula is C8H12N2O2S. The second kappa shape index (κ2) is 3.33. The molecule has 0 atom stereocenters. The van der Waals surface area contributed by atoms with Crippen LogP contribution in [-0.2, 0) is 9.84 Å². The maximum absolute atomic E-state index is 11.1. The van der Waals surface area contributed by atoms with E-state index in [1.165, 1.54) is 6.07 Å². The normalized spacial score (nSPS) is 11.3. The summed E-state index contributed by atoms with van der Waals surface area (Å²) in [4.78, 5) is 3.83. The maximum atomic E-state index is 11.1. The quantitative estimate of drug-likeness (QED) is 0.768. The van der Waals surface area contributed by atoms with E-state index in [1.807, 2.05) is 6.92 Å². The van der Waals surface area contributed by atoms with Gasteiger partial charge in [-0.05, 0) is 18.6 Å². The van der Waals surface area contributed by atoms with Crippen LogP contribution in [0.25, 0.3) is 0 Å². The highest BCUT2D eigenvalue weighted by atomic mass is 32.2. The van der Waals surface area contributed by atoms with E-state index in [9.17, 15) is 8.42 Å². The fourth-order valence-corrected chi connectivity index (χ4v) is 1.55. The van der Waals surface area contributed by atoms with Crippen molar-refractivity contribution in [1.82, 2.24) is 4.98 Å². The Balaban J connectivity index is 3.30. The van der Waals surface area contributed by atoms with E-state index in [0.717, 1.165) is 17.5 Å². The smallest absolute Gasteiger partial charge is 0.192 e. The Hall–Kier alpha value is -1.10. The van der Waals surface area contributed by atoms with Crippen LogP contribution in [0.15, 0.2) is 17.3 Å². The van der Waals surface area contributed by atoms with Crippen LogP contribution in [0.5, 0.6) is 0 Å². The van der Waals surface area contributed by atoms with E-state index in [2.05, 4.69) is 10.3 Å². The molecule has 1 aromatic heterocycles. The van der Waals surface area contributed by atoms with E-state index in [0.29, 0.717) is 0 Å².